The van der Waals surface area contributed by atoms with Crippen molar-refractivity contribution >= 4 is 42.3 Å². The van der Waals surface area contributed by atoms with Crippen molar-refractivity contribution in [2.75, 3.05) is 23.8 Å². The number of halogens is 2. The van der Waals surface area contributed by atoms with Crippen LogP contribution >= 0.6 is 24.8 Å². The summed E-state index contributed by atoms with van der Waals surface area (Å²) in [6.45, 7) is 8.59. The lowest BCUT2D eigenvalue weighted by atomic mass is 10.1. The molecule has 0 radical (unpaired) electrons. The Bertz CT molecular complexity index is 1030. The minimum Gasteiger partial charge on any atom is -0.490 e. The molecule has 3 aromatic heterocycles. The van der Waals surface area contributed by atoms with E-state index in [9.17, 15) is 5.26 Å². The molecule has 3 aromatic rings. The molecule has 0 saturated heterocycles. The highest BCUT2D eigenvalue weighted by Gasteiger charge is 2.11. The monoisotopic (exact) mass is 449 g/mol. The van der Waals surface area contributed by atoms with E-state index in [1.165, 1.54) is 0 Å². The van der Waals surface area contributed by atoms with Crippen LogP contribution in [0.4, 0.5) is 17.5 Å². The van der Waals surface area contributed by atoms with Crippen LogP contribution in [0.15, 0.2) is 24.3 Å². The zero-order valence-corrected chi connectivity index (χ0v) is 18.9. The highest BCUT2D eigenvalue weighted by molar-refractivity contribution is 5.85. The van der Waals surface area contributed by atoms with Gasteiger partial charge in [-0.15, -0.1) is 24.8 Å². The van der Waals surface area contributed by atoms with Gasteiger partial charge >= 0.3 is 0 Å². The second-order valence-corrected chi connectivity index (χ2v) is 6.53. The standard InChI is InChI=1S/C20H23N7O.2ClH/c1-12-9-18(24-19-10-14(3)26-27-19)25-20(16(12)11-21)22-7-8-28-17-6-5-13(2)23-15(17)4;;/h5-6,9-10H,7-8H2,1-4H3,(H3,22,24,25,26,27);2*1H. The molecule has 3 heterocycles. The van der Waals surface area contributed by atoms with Gasteiger partial charge < -0.3 is 15.4 Å². The van der Waals surface area contributed by atoms with Crippen LogP contribution in [0.2, 0.25) is 0 Å². The SMILES string of the molecule is Cc1ccc(OCCNc2nc(Nc3cc(C)[nH]n3)cc(C)c2C#N)c(C)n1.Cl.Cl. The molecule has 0 bridgehead atoms. The molecule has 0 aromatic carbocycles. The number of aryl methyl sites for hydroxylation is 4. The van der Waals surface area contributed by atoms with Crippen LogP contribution in [0.5, 0.6) is 5.75 Å². The first-order valence-corrected chi connectivity index (χ1v) is 8.98. The van der Waals surface area contributed by atoms with Crippen LogP contribution in [-0.4, -0.2) is 33.3 Å². The van der Waals surface area contributed by atoms with Crippen LogP contribution in [0.1, 0.15) is 28.2 Å². The summed E-state index contributed by atoms with van der Waals surface area (Å²) in [6.07, 6.45) is 0. The predicted octanol–water partition coefficient (Wildman–Crippen LogP) is 4.38. The second kappa shape index (κ2) is 11.2. The molecule has 0 unspecified atom stereocenters. The minimum atomic E-state index is 0. The van der Waals surface area contributed by atoms with Crippen molar-refractivity contribution in [1.82, 2.24) is 20.2 Å². The molecule has 0 aliphatic rings. The normalized spacial score (nSPS) is 9.70. The number of rotatable bonds is 7. The van der Waals surface area contributed by atoms with E-state index in [-0.39, 0.29) is 24.8 Å². The molecule has 0 saturated carbocycles. The Kier molecular flexibility index (Phi) is 9.37. The molecular weight excluding hydrogens is 425 g/mol. The van der Waals surface area contributed by atoms with E-state index in [0.29, 0.717) is 36.2 Å². The van der Waals surface area contributed by atoms with Crippen molar-refractivity contribution in [3.05, 3.63) is 52.5 Å². The number of hydrogen-bond donors (Lipinski definition) is 3. The lowest BCUT2D eigenvalue weighted by Gasteiger charge is -2.13. The number of anilines is 3. The number of nitrogens with one attached hydrogen (secondary N) is 3. The molecular formula is C20H25Cl2N7O. The van der Waals surface area contributed by atoms with Crippen LogP contribution in [-0.2, 0) is 0 Å². The zero-order valence-electron chi connectivity index (χ0n) is 17.2. The molecule has 0 aliphatic carbocycles. The maximum absolute atomic E-state index is 9.47. The number of nitriles is 1. The lowest BCUT2D eigenvalue weighted by Crippen LogP contribution is -2.15. The Morgan fingerprint density at radius 2 is 1.83 bits per heavy atom. The average molecular weight is 450 g/mol. The largest absolute Gasteiger partial charge is 0.490 e. The minimum absolute atomic E-state index is 0. The van der Waals surface area contributed by atoms with Gasteiger partial charge in [0.15, 0.2) is 5.82 Å². The number of ether oxygens (including phenoxy) is 1. The maximum atomic E-state index is 9.47. The summed E-state index contributed by atoms with van der Waals surface area (Å²) in [5, 5.41) is 22.8. The van der Waals surface area contributed by atoms with Crippen molar-refractivity contribution in [3.8, 4) is 11.8 Å². The maximum Gasteiger partial charge on any atom is 0.153 e. The predicted molar refractivity (Wildman–Crippen MR) is 122 cm³/mol. The Morgan fingerprint density at radius 3 is 2.47 bits per heavy atom. The molecule has 0 amide bonds. The van der Waals surface area contributed by atoms with Crippen LogP contribution in [0.3, 0.4) is 0 Å². The topological polar surface area (TPSA) is 112 Å². The number of pyridine rings is 2. The van der Waals surface area contributed by atoms with E-state index >= 15 is 0 Å². The van der Waals surface area contributed by atoms with Gasteiger partial charge in [0.05, 0.1) is 17.8 Å². The molecule has 160 valence electrons. The number of aromatic nitrogens is 4. The lowest BCUT2D eigenvalue weighted by molar-refractivity contribution is 0.328. The zero-order chi connectivity index (χ0) is 20.1. The van der Waals surface area contributed by atoms with Gasteiger partial charge in [0.25, 0.3) is 0 Å². The van der Waals surface area contributed by atoms with Gasteiger partial charge in [-0.2, -0.15) is 10.4 Å². The first-order valence-electron chi connectivity index (χ1n) is 8.98. The summed E-state index contributed by atoms with van der Waals surface area (Å²) >= 11 is 0. The molecule has 0 spiro atoms. The second-order valence-electron chi connectivity index (χ2n) is 6.53. The van der Waals surface area contributed by atoms with Gasteiger partial charge in [-0.1, -0.05) is 0 Å². The van der Waals surface area contributed by atoms with Gasteiger partial charge in [0, 0.05) is 17.5 Å². The molecule has 0 aliphatic heterocycles. The molecule has 10 heteroatoms. The number of hydrogen-bond acceptors (Lipinski definition) is 7. The Hall–Kier alpha value is -3.02. The van der Waals surface area contributed by atoms with Gasteiger partial charge in [0.1, 0.15) is 30.1 Å². The van der Waals surface area contributed by atoms with Gasteiger partial charge in [-0.3, -0.25) is 10.1 Å². The number of aromatic amines is 1. The number of nitrogens with zero attached hydrogens (tertiary/aromatic N) is 4. The first-order chi connectivity index (χ1) is 13.5. The molecule has 30 heavy (non-hydrogen) atoms. The molecule has 0 atom stereocenters. The van der Waals surface area contributed by atoms with E-state index < -0.39 is 0 Å². The molecule has 8 nitrogen and oxygen atoms in total. The van der Waals surface area contributed by atoms with Gasteiger partial charge in [-0.25, -0.2) is 4.98 Å². The first kappa shape index (κ1) is 25.0. The van der Waals surface area contributed by atoms with E-state index in [2.05, 4.69) is 36.9 Å². The molecule has 3 N–H and O–H groups in total. The van der Waals surface area contributed by atoms with E-state index in [4.69, 9.17) is 4.74 Å². The Labute approximate surface area is 188 Å². The third-order valence-corrected chi connectivity index (χ3v) is 4.12. The summed E-state index contributed by atoms with van der Waals surface area (Å²) in [5.41, 5.74) is 4.10. The molecule has 3 rings (SSSR count). The molecule has 0 fully saturated rings. The van der Waals surface area contributed by atoms with Gasteiger partial charge in [0.2, 0.25) is 0 Å². The summed E-state index contributed by atoms with van der Waals surface area (Å²) < 4.78 is 5.78. The van der Waals surface area contributed by atoms with Crippen molar-refractivity contribution in [1.29, 1.82) is 5.26 Å². The van der Waals surface area contributed by atoms with Crippen LogP contribution in [0, 0.1) is 39.0 Å². The summed E-state index contributed by atoms with van der Waals surface area (Å²) in [7, 11) is 0. The van der Waals surface area contributed by atoms with Crippen LogP contribution in [0.25, 0.3) is 0 Å². The summed E-state index contributed by atoms with van der Waals surface area (Å²) in [6, 6.07) is 9.75. The van der Waals surface area contributed by atoms with Crippen molar-refractivity contribution in [2.24, 2.45) is 0 Å². The smallest absolute Gasteiger partial charge is 0.153 e. The fraction of sp³-hybridized carbons (Fsp3) is 0.300. The summed E-state index contributed by atoms with van der Waals surface area (Å²) in [4.78, 5) is 8.90. The number of H-pyrrole nitrogens is 1. The fourth-order valence-corrected chi connectivity index (χ4v) is 2.78. The van der Waals surface area contributed by atoms with Crippen molar-refractivity contribution in [3.63, 3.8) is 0 Å². The third-order valence-electron chi connectivity index (χ3n) is 4.12. The highest BCUT2D eigenvalue weighted by Crippen LogP contribution is 2.23. The van der Waals surface area contributed by atoms with E-state index in [1.54, 1.807) is 0 Å². The quantitative estimate of drug-likeness (QED) is 0.458. The van der Waals surface area contributed by atoms with Crippen molar-refractivity contribution in [2.45, 2.75) is 27.7 Å². The van der Waals surface area contributed by atoms with Crippen LogP contribution < -0.4 is 15.4 Å². The van der Waals surface area contributed by atoms with Crippen molar-refractivity contribution < 1.29 is 4.74 Å². The van der Waals surface area contributed by atoms with E-state index in [1.807, 2.05) is 52.0 Å². The third kappa shape index (κ3) is 6.24. The Morgan fingerprint density at radius 1 is 1.07 bits per heavy atom. The summed E-state index contributed by atoms with van der Waals surface area (Å²) in [5.74, 6) is 2.55. The average Bonchev–Trinajstić information content (AvgIpc) is 3.04. The Balaban J connectivity index is 0.00000225. The van der Waals surface area contributed by atoms with E-state index in [0.717, 1.165) is 28.4 Å². The highest BCUT2D eigenvalue weighted by atomic mass is 35.5. The fourth-order valence-electron chi connectivity index (χ4n) is 2.78. The van der Waals surface area contributed by atoms with Gasteiger partial charge in [-0.05, 0) is 51.5 Å².